The molecule has 10 rings (SSSR count). The van der Waals surface area contributed by atoms with Gasteiger partial charge < -0.3 is 49.5 Å². The summed E-state index contributed by atoms with van der Waals surface area (Å²) in [6.45, 7) is 5.17. The van der Waals surface area contributed by atoms with Gasteiger partial charge in [0, 0.05) is 74.2 Å². The zero-order chi connectivity index (χ0) is 53.8. The lowest BCUT2D eigenvalue weighted by Gasteiger charge is -2.41. The number of aryl methyl sites for hydroxylation is 2. The molecule has 6 aliphatic rings. The molecule has 4 bridgehead atoms. The average Bonchev–Trinajstić information content (AvgIpc) is 3.65. The number of carboxylic acid groups (broad SMARTS) is 2. The van der Waals surface area contributed by atoms with E-state index in [2.05, 4.69) is 34.1 Å². The Bertz CT molecular complexity index is 2630. The first-order valence-electron chi connectivity index (χ1n) is 27.5. The van der Waals surface area contributed by atoms with Gasteiger partial charge in [-0.2, -0.15) is 0 Å². The van der Waals surface area contributed by atoms with Crippen LogP contribution in [-0.4, -0.2) is 121 Å². The van der Waals surface area contributed by atoms with E-state index in [1.807, 2.05) is 12.1 Å². The van der Waals surface area contributed by atoms with E-state index in [-0.39, 0.29) is 33.8 Å². The van der Waals surface area contributed by atoms with E-state index in [4.69, 9.17) is 32.7 Å². The van der Waals surface area contributed by atoms with Crippen molar-refractivity contribution < 1.29 is 49.1 Å². The van der Waals surface area contributed by atoms with Gasteiger partial charge in [0.05, 0.1) is 37.4 Å². The van der Waals surface area contributed by atoms with Crippen molar-refractivity contribution in [3.05, 3.63) is 116 Å². The van der Waals surface area contributed by atoms with E-state index in [1.54, 1.807) is 50.5 Å². The number of fused-ring (bicyclic) bond motifs is 6. The monoisotopic (exact) mass is 1080 g/mol. The van der Waals surface area contributed by atoms with Crippen LogP contribution in [-0.2, 0) is 54.1 Å². The summed E-state index contributed by atoms with van der Waals surface area (Å²) in [4.78, 5) is 58.3. The van der Waals surface area contributed by atoms with Crippen LogP contribution in [0.15, 0.2) is 72.8 Å². The van der Waals surface area contributed by atoms with Gasteiger partial charge in [-0.05, 0) is 146 Å². The van der Waals surface area contributed by atoms with Gasteiger partial charge in [0.25, 0.3) is 0 Å². The van der Waals surface area contributed by atoms with E-state index < -0.39 is 36.0 Å². The first-order valence-corrected chi connectivity index (χ1v) is 28.2. The minimum atomic E-state index is -2.33. The first-order chi connectivity index (χ1) is 36.4. The molecule has 76 heavy (non-hydrogen) atoms. The summed E-state index contributed by atoms with van der Waals surface area (Å²) in [6.07, 6.45) is 15.0. The average molecular weight is 1080 g/mol. The lowest BCUT2D eigenvalue weighted by atomic mass is 9.70. The number of rotatable bonds is 2. The number of carbonyl (C=O) groups excluding carboxylic acids is 2. The quantitative estimate of drug-likeness (QED) is 0.150. The van der Waals surface area contributed by atoms with Crippen molar-refractivity contribution in [1.29, 1.82) is 0 Å². The van der Waals surface area contributed by atoms with E-state index in [1.165, 1.54) is 32.1 Å². The largest absolute Gasteiger partial charge is 0.490 e. The van der Waals surface area contributed by atoms with Crippen LogP contribution < -0.4 is 19.3 Å². The Hall–Kier alpha value is -5.54. The van der Waals surface area contributed by atoms with Crippen LogP contribution in [0.2, 0.25) is 10.0 Å². The van der Waals surface area contributed by atoms with Crippen molar-refractivity contribution in [2.75, 3.05) is 76.4 Å². The molecule has 0 aromatic heterocycles. The van der Waals surface area contributed by atoms with Gasteiger partial charge in [-0.1, -0.05) is 86.0 Å². The molecule has 0 radical (unpaired) electrons. The van der Waals surface area contributed by atoms with Gasteiger partial charge in [-0.15, -0.1) is 0 Å². The van der Waals surface area contributed by atoms with Crippen molar-refractivity contribution in [3.8, 4) is 11.5 Å². The summed E-state index contributed by atoms with van der Waals surface area (Å²) in [7, 11) is 3.34. The van der Waals surface area contributed by atoms with Gasteiger partial charge in [-0.3, -0.25) is 9.59 Å². The highest BCUT2D eigenvalue weighted by atomic mass is 35.5. The fourth-order valence-electron chi connectivity index (χ4n) is 12.7. The zero-order valence-electron chi connectivity index (χ0n) is 44.1. The normalized spacial score (nSPS) is 26.6. The van der Waals surface area contributed by atoms with Crippen LogP contribution in [0.4, 0.5) is 11.4 Å². The van der Waals surface area contributed by atoms with E-state index in [0.29, 0.717) is 37.8 Å². The van der Waals surface area contributed by atoms with Crippen molar-refractivity contribution in [3.63, 3.8) is 0 Å². The Morgan fingerprint density at radius 3 is 1.29 bits per heavy atom. The molecule has 2 amide bonds. The van der Waals surface area contributed by atoms with Crippen LogP contribution in [0.5, 0.6) is 11.5 Å². The zero-order valence-corrected chi connectivity index (χ0v) is 45.6. The van der Waals surface area contributed by atoms with E-state index >= 15 is 0 Å². The Balaban J connectivity index is 0.000000186. The van der Waals surface area contributed by atoms with Crippen LogP contribution in [0.25, 0.3) is 0 Å². The second kappa shape index (κ2) is 23.2. The predicted molar refractivity (Wildman–Crippen MR) is 294 cm³/mol. The number of carboxylic acids is 2. The number of halogens is 2. The molecule has 4 heterocycles. The summed E-state index contributed by atoms with van der Waals surface area (Å²) in [5.74, 6) is -2.29. The number of hydrogen-bond acceptors (Lipinski definition) is 10. The third-order valence-corrected chi connectivity index (χ3v) is 17.7. The summed E-state index contributed by atoms with van der Waals surface area (Å²) < 4.78 is 12.9. The van der Waals surface area contributed by atoms with Gasteiger partial charge in [0.15, 0.2) is 11.2 Å². The number of hydrogen-bond donors (Lipinski definition) is 4. The maximum atomic E-state index is 12.9. The van der Waals surface area contributed by atoms with Gasteiger partial charge in [0.2, 0.25) is 11.8 Å². The van der Waals surface area contributed by atoms with Crippen molar-refractivity contribution >= 4 is 58.3 Å². The van der Waals surface area contributed by atoms with Gasteiger partial charge >= 0.3 is 11.9 Å². The molecule has 0 saturated heterocycles. The topological polar surface area (TPSA) is 181 Å². The number of nitrogens with zero attached hydrogens (tertiary/aromatic N) is 4. The lowest BCUT2D eigenvalue weighted by molar-refractivity contribution is -0.164. The molecule has 408 valence electrons. The minimum absolute atomic E-state index is 0.195. The van der Waals surface area contributed by atoms with Crippen LogP contribution in [0.1, 0.15) is 136 Å². The summed E-state index contributed by atoms with van der Waals surface area (Å²) >= 11 is 12.7. The number of benzene rings is 4. The number of anilines is 2. The molecule has 4 aromatic rings. The summed E-state index contributed by atoms with van der Waals surface area (Å²) in [5, 5.41) is 44.4. The van der Waals surface area contributed by atoms with E-state index in [9.17, 15) is 39.6 Å². The Kier molecular flexibility index (Phi) is 16.9. The molecule has 4 aliphatic heterocycles. The molecule has 4 N–H and O–H groups in total. The van der Waals surface area contributed by atoms with Crippen LogP contribution in [0.3, 0.4) is 0 Å². The molecule has 0 fully saturated rings. The molecule has 4 atom stereocenters. The maximum Gasteiger partial charge on any atom is 0.340 e. The first kappa shape index (κ1) is 55.2. The fraction of sp³-hybridized carbons (Fsp3) is 0.533. The Labute approximate surface area is 456 Å². The highest BCUT2D eigenvalue weighted by Gasteiger charge is 2.47. The molecule has 0 unspecified atom stereocenters. The molecule has 16 heteroatoms. The number of aliphatic carboxylic acids is 2. The number of carbonyl (C=O) groups is 4. The van der Waals surface area contributed by atoms with Crippen molar-refractivity contribution in [2.45, 2.75) is 138 Å². The minimum Gasteiger partial charge on any atom is -0.490 e. The number of ether oxygens (including phenoxy) is 2. The van der Waals surface area contributed by atoms with Crippen molar-refractivity contribution in [2.24, 2.45) is 0 Å². The molecular formula is C60H74Cl2N4O10. The van der Waals surface area contributed by atoms with Gasteiger partial charge in [-0.25, -0.2) is 9.59 Å². The lowest BCUT2D eigenvalue weighted by Crippen LogP contribution is -2.46. The van der Waals surface area contributed by atoms with Crippen molar-refractivity contribution in [1.82, 2.24) is 9.80 Å². The molecule has 4 aromatic carbocycles. The summed E-state index contributed by atoms with van der Waals surface area (Å²) in [5.41, 5.74) is 1.91. The Morgan fingerprint density at radius 2 is 0.895 bits per heavy atom. The fourth-order valence-corrected chi connectivity index (χ4v) is 13.1. The predicted octanol–water partition coefficient (Wildman–Crippen LogP) is 9.80. The number of aliphatic hydroxyl groups is 2. The van der Waals surface area contributed by atoms with Crippen LogP contribution >= 0.6 is 23.2 Å². The highest BCUT2D eigenvalue weighted by Crippen LogP contribution is 2.48. The molecular weight excluding hydrogens is 1010 g/mol. The third kappa shape index (κ3) is 11.5. The summed E-state index contributed by atoms with van der Waals surface area (Å²) in [6, 6.07) is 22.5. The SMILES string of the molecule is CN1CCCCCCCN2C[C@@]3(CCCc4cc(Cl)ccc43)COc3ccc(cc32)[C@@](O)(C(=O)O)CC1=O.CN1CCCCCCCN2C[C@@]3(CCCc4cc(Cl)ccc43)COc3ccc(cc32)[C@](O)(C(=O)O)CC1=O. The maximum absolute atomic E-state index is 12.9. The molecule has 2 aliphatic carbocycles. The molecule has 0 saturated carbocycles. The van der Waals surface area contributed by atoms with Crippen LogP contribution in [0, 0.1) is 0 Å². The number of amides is 2. The standard InChI is InChI=1S/2C30H37ClN2O5/c2*1-32-14-5-3-2-4-6-15-33-19-29(13-7-8-21-16-23(31)10-11-24(21)29)20-38-26-12-9-22(17-25(26)33)30(37,28(35)36)18-27(32)34/h2*9-12,16-17,37H,2-8,13-15,18-20H2,1H3,(H,35,36)/t29-,30+;29-,30-/m00/s1. The molecule has 14 nitrogen and oxygen atoms in total. The van der Waals surface area contributed by atoms with Gasteiger partial charge in [0.1, 0.15) is 11.5 Å². The smallest absolute Gasteiger partial charge is 0.340 e. The molecule has 2 spiro atoms. The highest BCUT2D eigenvalue weighted by molar-refractivity contribution is 6.31. The second-order valence-corrected chi connectivity index (χ2v) is 23.4. The second-order valence-electron chi connectivity index (χ2n) is 22.5. The third-order valence-electron chi connectivity index (χ3n) is 17.2. The van der Waals surface area contributed by atoms with E-state index in [0.717, 1.165) is 150 Å². The Morgan fingerprint density at radius 1 is 0.513 bits per heavy atom.